The van der Waals surface area contributed by atoms with Crippen molar-refractivity contribution < 1.29 is 23.8 Å². The molecule has 0 spiro atoms. The van der Waals surface area contributed by atoms with E-state index in [1.54, 1.807) is 38.1 Å². The molecule has 0 bridgehead atoms. The van der Waals surface area contributed by atoms with Gasteiger partial charge in [0.25, 0.3) is 5.91 Å². The Kier molecular flexibility index (Phi) is 4.99. The molecule has 0 saturated heterocycles. The number of aromatic nitrogens is 2. The van der Waals surface area contributed by atoms with E-state index >= 15 is 0 Å². The number of aliphatic carboxylic acids is 1. The van der Waals surface area contributed by atoms with Gasteiger partial charge in [-0.2, -0.15) is 5.10 Å². The second kappa shape index (κ2) is 7.62. The van der Waals surface area contributed by atoms with Crippen molar-refractivity contribution in [1.82, 2.24) is 9.78 Å². The molecule has 1 aromatic heterocycles. The molecular formula is C22H20FN3O4. The molecule has 154 valence electrons. The highest BCUT2D eigenvalue weighted by molar-refractivity contribution is 5.97. The highest BCUT2D eigenvalue weighted by atomic mass is 19.1. The summed E-state index contributed by atoms with van der Waals surface area (Å²) >= 11 is 0. The molecular weight excluding hydrogens is 389 g/mol. The van der Waals surface area contributed by atoms with Crippen LogP contribution in [0, 0.1) is 12.7 Å². The number of rotatable bonds is 5. The number of hydrogen-bond acceptors (Lipinski definition) is 4. The minimum Gasteiger partial charge on any atom is -0.482 e. The largest absolute Gasteiger partial charge is 0.482 e. The number of carbonyl (C=O) groups is 2. The van der Waals surface area contributed by atoms with Gasteiger partial charge < -0.3 is 15.2 Å². The third kappa shape index (κ3) is 3.41. The van der Waals surface area contributed by atoms with Crippen LogP contribution in [0.15, 0.2) is 42.5 Å². The Morgan fingerprint density at radius 3 is 2.63 bits per heavy atom. The molecule has 4 rings (SSSR count). The standard InChI is InChI=1S/C22H20FN3O4/c1-3-17(22(28)29)26-21(13-4-7-15(23)8-5-13)20(12(2)25-26)14-6-9-18-16(10-14)24-19(27)11-30-18/h4-10,17H,3,11H2,1-2H3,(H,24,27)(H,28,29). The van der Waals surface area contributed by atoms with Crippen LogP contribution in [0.25, 0.3) is 22.4 Å². The number of fused-ring (bicyclic) bond motifs is 1. The number of nitrogens with one attached hydrogen (secondary N) is 1. The molecule has 3 aromatic rings. The third-order valence-corrected chi connectivity index (χ3v) is 5.07. The van der Waals surface area contributed by atoms with Gasteiger partial charge in [0.15, 0.2) is 6.61 Å². The van der Waals surface area contributed by atoms with Gasteiger partial charge in [-0.15, -0.1) is 0 Å². The molecule has 1 unspecified atom stereocenters. The van der Waals surface area contributed by atoms with Gasteiger partial charge in [-0.05, 0) is 55.3 Å². The number of carbonyl (C=O) groups excluding carboxylic acids is 1. The number of halogens is 1. The number of ether oxygens (including phenoxy) is 1. The van der Waals surface area contributed by atoms with Crippen molar-refractivity contribution in [3.63, 3.8) is 0 Å². The fourth-order valence-corrected chi connectivity index (χ4v) is 3.69. The second-order valence-corrected chi connectivity index (χ2v) is 7.07. The lowest BCUT2D eigenvalue weighted by molar-refractivity contribution is -0.141. The van der Waals surface area contributed by atoms with E-state index < -0.39 is 12.0 Å². The fraction of sp³-hybridized carbons (Fsp3) is 0.227. The first-order valence-corrected chi connectivity index (χ1v) is 9.54. The molecule has 1 atom stereocenters. The number of aryl methyl sites for hydroxylation is 1. The summed E-state index contributed by atoms with van der Waals surface area (Å²) in [4.78, 5) is 23.6. The van der Waals surface area contributed by atoms with Crippen LogP contribution < -0.4 is 10.1 Å². The summed E-state index contributed by atoms with van der Waals surface area (Å²) in [7, 11) is 0. The summed E-state index contributed by atoms with van der Waals surface area (Å²) in [6, 6.07) is 10.3. The minimum absolute atomic E-state index is 0.0407. The van der Waals surface area contributed by atoms with E-state index in [2.05, 4.69) is 10.4 Å². The van der Waals surface area contributed by atoms with Gasteiger partial charge in [0.2, 0.25) is 0 Å². The SMILES string of the molecule is CCC(C(=O)O)n1nc(C)c(-c2ccc3c(c2)NC(=O)CO3)c1-c1ccc(F)cc1. The Hall–Kier alpha value is -3.68. The average Bonchev–Trinajstić information content (AvgIpc) is 3.05. The summed E-state index contributed by atoms with van der Waals surface area (Å²) in [5.41, 5.74) is 3.82. The summed E-state index contributed by atoms with van der Waals surface area (Å²) in [5.74, 6) is -1.07. The smallest absolute Gasteiger partial charge is 0.328 e. The summed E-state index contributed by atoms with van der Waals surface area (Å²) in [5, 5.41) is 17.0. The van der Waals surface area contributed by atoms with Crippen molar-refractivity contribution >= 4 is 17.6 Å². The molecule has 2 heterocycles. The monoisotopic (exact) mass is 409 g/mol. The molecule has 0 aliphatic carbocycles. The molecule has 2 N–H and O–H groups in total. The first-order chi connectivity index (χ1) is 14.4. The number of nitrogens with zero attached hydrogens (tertiary/aromatic N) is 2. The molecule has 0 saturated carbocycles. The maximum atomic E-state index is 13.5. The summed E-state index contributed by atoms with van der Waals surface area (Å²) in [6.07, 6.45) is 0.332. The lowest BCUT2D eigenvalue weighted by atomic mass is 9.97. The van der Waals surface area contributed by atoms with Crippen LogP contribution in [0.1, 0.15) is 25.1 Å². The highest BCUT2D eigenvalue weighted by Gasteiger charge is 2.27. The van der Waals surface area contributed by atoms with E-state index in [0.717, 1.165) is 5.56 Å². The topological polar surface area (TPSA) is 93.5 Å². The highest BCUT2D eigenvalue weighted by Crippen LogP contribution is 2.40. The molecule has 8 heteroatoms. The van der Waals surface area contributed by atoms with Crippen molar-refractivity contribution in [1.29, 1.82) is 0 Å². The van der Waals surface area contributed by atoms with Gasteiger partial charge in [0.1, 0.15) is 17.6 Å². The molecule has 2 aromatic carbocycles. The van der Waals surface area contributed by atoms with Crippen LogP contribution in [0.3, 0.4) is 0 Å². The predicted molar refractivity (Wildman–Crippen MR) is 109 cm³/mol. The van der Waals surface area contributed by atoms with Crippen LogP contribution in [0.2, 0.25) is 0 Å². The Labute approximate surface area is 172 Å². The molecule has 1 amide bonds. The summed E-state index contributed by atoms with van der Waals surface area (Å²) < 4.78 is 20.4. The second-order valence-electron chi connectivity index (χ2n) is 7.07. The first kappa shape index (κ1) is 19.6. The quantitative estimate of drug-likeness (QED) is 0.664. The normalized spacial score (nSPS) is 13.9. The number of carboxylic acids is 1. The predicted octanol–water partition coefficient (Wildman–Crippen LogP) is 4.03. The Morgan fingerprint density at radius 2 is 1.97 bits per heavy atom. The molecule has 30 heavy (non-hydrogen) atoms. The van der Waals surface area contributed by atoms with Gasteiger partial charge in [-0.25, -0.2) is 13.9 Å². The maximum Gasteiger partial charge on any atom is 0.328 e. The zero-order valence-electron chi connectivity index (χ0n) is 16.5. The number of anilines is 1. The van der Waals surface area contributed by atoms with Crippen molar-refractivity contribution in [2.75, 3.05) is 11.9 Å². The number of carboxylic acid groups (broad SMARTS) is 1. The zero-order chi connectivity index (χ0) is 21.4. The van der Waals surface area contributed by atoms with E-state index in [1.807, 2.05) is 6.07 Å². The molecule has 0 fully saturated rings. The fourth-order valence-electron chi connectivity index (χ4n) is 3.69. The molecule has 1 aliphatic rings. The van der Waals surface area contributed by atoms with Crippen LogP contribution in [0.5, 0.6) is 5.75 Å². The number of hydrogen-bond donors (Lipinski definition) is 2. The van der Waals surface area contributed by atoms with Gasteiger partial charge in [0, 0.05) is 11.1 Å². The van der Waals surface area contributed by atoms with E-state index in [0.29, 0.717) is 40.4 Å². The van der Waals surface area contributed by atoms with E-state index in [9.17, 15) is 19.1 Å². The Bertz CT molecular complexity index is 1140. The number of amides is 1. The van der Waals surface area contributed by atoms with Crippen molar-refractivity contribution in [2.24, 2.45) is 0 Å². The Morgan fingerprint density at radius 1 is 1.27 bits per heavy atom. The van der Waals surface area contributed by atoms with Gasteiger partial charge in [-0.1, -0.05) is 13.0 Å². The van der Waals surface area contributed by atoms with Gasteiger partial charge in [-0.3, -0.25) is 4.79 Å². The van der Waals surface area contributed by atoms with Gasteiger partial charge >= 0.3 is 5.97 Å². The minimum atomic E-state index is -0.999. The lowest BCUT2D eigenvalue weighted by Gasteiger charge is -2.19. The summed E-state index contributed by atoms with van der Waals surface area (Å²) in [6.45, 7) is 3.53. The Balaban J connectivity index is 1.95. The zero-order valence-corrected chi connectivity index (χ0v) is 16.5. The lowest BCUT2D eigenvalue weighted by Crippen LogP contribution is -2.25. The van der Waals surface area contributed by atoms with E-state index in [1.165, 1.54) is 16.8 Å². The first-order valence-electron chi connectivity index (χ1n) is 9.54. The third-order valence-electron chi connectivity index (χ3n) is 5.07. The van der Waals surface area contributed by atoms with Crippen LogP contribution >= 0.6 is 0 Å². The van der Waals surface area contributed by atoms with Crippen molar-refractivity contribution in [3.05, 3.63) is 54.0 Å². The molecule has 7 nitrogen and oxygen atoms in total. The number of benzene rings is 2. The van der Waals surface area contributed by atoms with Gasteiger partial charge in [0.05, 0.1) is 17.1 Å². The van der Waals surface area contributed by atoms with Crippen LogP contribution in [0.4, 0.5) is 10.1 Å². The van der Waals surface area contributed by atoms with Crippen molar-refractivity contribution in [2.45, 2.75) is 26.3 Å². The molecule has 0 radical (unpaired) electrons. The van der Waals surface area contributed by atoms with Crippen LogP contribution in [-0.2, 0) is 9.59 Å². The molecule has 1 aliphatic heterocycles. The van der Waals surface area contributed by atoms with Crippen molar-refractivity contribution in [3.8, 4) is 28.1 Å². The van der Waals surface area contributed by atoms with Crippen LogP contribution in [-0.4, -0.2) is 33.4 Å². The average molecular weight is 409 g/mol. The van der Waals surface area contributed by atoms with E-state index in [4.69, 9.17) is 4.74 Å². The van der Waals surface area contributed by atoms with E-state index in [-0.39, 0.29) is 18.3 Å². The maximum absolute atomic E-state index is 13.5.